The molecular weight excluding hydrogens is 412 g/mol. The van der Waals surface area contributed by atoms with Crippen molar-refractivity contribution < 1.29 is 23.9 Å². The lowest BCUT2D eigenvalue weighted by Gasteiger charge is -2.21. The van der Waals surface area contributed by atoms with Crippen LogP contribution in [-0.4, -0.2) is 40.2 Å². The lowest BCUT2D eigenvalue weighted by molar-refractivity contribution is 0.105. The van der Waals surface area contributed by atoms with Gasteiger partial charge in [-0.1, -0.05) is 12.1 Å². The number of rotatable bonds is 8. The van der Waals surface area contributed by atoms with Crippen LogP contribution in [0.25, 0.3) is 38.7 Å². The molecular formula is C23H22N4O5. The van der Waals surface area contributed by atoms with Crippen molar-refractivity contribution in [3.05, 3.63) is 59.6 Å². The number of ether oxygens (including phenoxy) is 1. The molecule has 0 aliphatic carbocycles. The Morgan fingerprint density at radius 1 is 1.12 bits per heavy atom. The van der Waals surface area contributed by atoms with Crippen molar-refractivity contribution in [3.63, 3.8) is 0 Å². The molecule has 32 heavy (non-hydrogen) atoms. The van der Waals surface area contributed by atoms with E-state index in [1.165, 1.54) is 0 Å². The van der Waals surface area contributed by atoms with Gasteiger partial charge in [-0.25, -0.2) is 4.85 Å². The van der Waals surface area contributed by atoms with Gasteiger partial charge in [-0.15, -0.1) is 0 Å². The molecule has 0 radical (unpaired) electrons. The van der Waals surface area contributed by atoms with Gasteiger partial charge >= 0.3 is 0 Å². The molecule has 0 fully saturated rings. The van der Waals surface area contributed by atoms with Crippen molar-refractivity contribution in [2.24, 2.45) is 5.73 Å². The summed E-state index contributed by atoms with van der Waals surface area (Å²) < 4.78 is 16.7. The first-order chi connectivity index (χ1) is 15.5. The van der Waals surface area contributed by atoms with Crippen molar-refractivity contribution in [3.8, 4) is 28.6 Å². The van der Waals surface area contributed by atoms with Gasteiger partial charge in [-0.2, -0.15) is 4.98 Å². The van der Waals surface area contributed by atoms with E-state index in [0.29, 0.717) is 46.0 Å². The number of hydrogen-bond acceptors (Lipinski definition) is 8. The molecule has 2 aromatic heterocycles. The molecule has 4 aromatic rings. The fourth-order valence-corrected chi connectivity index (χ4v) is 3.16. The van der Waals surface area contributed by atoms with Crippen LogP contribution in [0.5, 0.6) is 5.75 Å². The Morgan fingerprint density at radius 3 is 2.62 bits per heavy atom. The minimum absolute atomic E-state index is 0.278. The Hall–Kier alpha value is -3.71. The number of hydrogen-bond donors (Lipinski definition) is 3. The van der Waals surface area contributed by atoms with Gasteiger partial charge in [0.2, 0.25) is 11.5 Å². The molecule has 2 heterocycles. The third-order valence-electron chi connectivity index (χ3n) is 5.04. The predicted molar refractivity (Wildman–Crippen MR) is 117 cm³/mol. The van der Waals surface area contributed by atoms with E-state index in [9.17, 15) is 10.2 Å². The molecule has 0 bridgehead atoms. The lowest BCUT2D eigenvalue weighted by Crippen LogP contribution is -2.43. The number of aliphatic hydroxyl groups is 2. The summed E-state index contributed by atoms with van der Waals surface area (Å²) in [5.74, 6) is 1.44. The summed E-state index contributed by atoms with van der Waals surface area (Å²) in [6.45, 7) is 9.01. The summed E-state index contributed by atoms with van der Waals surface area (Å²) in [7, 11) is 0. The largest absolute Gasteiger partial charge is 0.505 e. The number of furan rings is 1. The van der Waals surface area contributed by atoms with Gasteiger partial charge < -0.3 is 29.6 Å². The molecule has 9 heteroatoms. The van der Waals surface area contributed by atoms with Crippen molar-refractivity contribution in [2.45, 2.75) is 18.9 Å². The molecule has 4 N–H and O–H groups in total. The van der Waals surface area contributed by atoms with Crippen LogP contribution in [0.1, 0.15) is 19.1 Å². The molecule has 0 amide bonds. The zero-order valence-corrected chi connectivity index (χ0v) is 17.4. The molecule has 0 spiro atoms. The first-order valence-corrected chi connectivity index (χ1v) is 10.0. The summed E-state index contributed by atoms with van der Waals surface area (Å²) >= 11 is 0. The van der Waals surface area contributed by atoms with E-state index in [-0.39, 0.29) is 11.7 Å². The maximum atomic E-state index is 9.50. The van der Waals surface area contributed by atoms with Crippen LogP contribution in [0.4, 0.5) is 5.69 Å². The first kappa shape index (κ1) is 21.5. The van der Waals surface area contributed by atoms with Crippen molar-refractivity contribution in [2.75, 3.05) is 19.8 Å². The summed E-state index contributed by atoms with van der Waals surface area (Å²) in [5, 5.41) is 23.8. The van der Waals surface area contributed by atoms with Crippen LogP contribution in [0, 0.1) is 6.57 Å². The Kier molecular flexibility index (Phi) is 5.92. The minimum Gasteiger partial charge on any atom is -0.505 e. The molecule has 0 unspecified atom stereocenters. The molecule has 2 aromatic carbocycles. The highest BCUT2D eigenvalue weighted by Gasteiger charge is 2.30. The van der Waals surface area contributed by atoms with E-state index in [1.54, 1.807) is 42.5 Å². The van der Waals surface area contributed by atoms with E-state index in [4.69, 9.17) is 26.0 Å². The average Bonchev–Trinajstić information content (AvgIpc) is 3.49. The minimum atomic E-state index is -1.37. The monoisotopic (exact) mass is 434 g/mol. The van der Waals surface area contributed by atoms with E-state index in [2.05, 4.69) is 15.0 Å². The van der Waals surface area contributed by atoms with Gasteiger partial charge in [0, 0.05) is 16.5 Å². The lowest BCUT2D eigenvalue weighted by atomic mass is 10.00. The highest BCUT2D eigenvalue weighted by atomic mass is 16.5. The van der Waals surface area contributed by atoms with Crippen LogP contribution in [0.3, 0.4) is 0 Å². The van der Waals surface area contributed by atoms with Crippen LogP contribution in [0.2, 0.25) is 0 Å². The molecule has 0 aliphatic rings. The topological polar surface area (TPSA) is 132 Å². The number of aromatic nitrogens is 2. The quantitative estimate of drug-likeness (QED) is 0.358. The van der Waals surface area contributed by atoms with E-state index >= 15 is 0 Å². The number of aliphatic hydroxyl groups excluding tert-OH is 2. The molecule has 0 atom stereocenters. The second-order valence-corrected chi connectivity index (χ2v) is 7.40. The van der Waals surface area contributed by atoms with Gasteiger partial charge in [-0.3, -0.25) is 0 Å². The Labute approximate surface area is 183 Å². The third kappa shape index (κ3) is 3.94. The van der Waals surface area contributed by atoms with E-state index in [1.807, 2.05) is 6.92 Å². The highest BCUT2D eigenvalue weighted by Crippen LogP contribution is 2.34. The normalized spacial score (nSPS) is 11.6. The molecule has 0 aliphatic heterocycles. The number of nitrogens with two attached hydrogens (primary N) is 1. The number of fused-ring (bicyclic) bond motifs is 1. The van der Waals surface area contributed by atoms with Gasteiger partial charge in [-0.05, 0) is 48.9 Å². The predicted octanol–water partition coefficient (Wildman–Crippen LogP) is 3.63. The maximum absolute atomic E-state index is 9.50. The van der Waals surface area contributed by atoms with E-state index in [0.717, 1.165) is 6.42 Å². The smallest absolute Gasteiger partial charge is 0.256 e. The van der Waals surface area contributed by atoms with Gasteiger partial charge in [0.1, 0.15) is 22.6 Å². The van der Waals surface area contributed by atoms with Crippen LogP contribution >= 0.6 is 0 Å². The second-order valence-electron chi connectivity index (χ2n) is 7.40. The highest BCUT2D eigenvalue weighted by molar-refractivity contribution is 5.83. The molecule has 0 saturated heterocycles. The Bertz CT molecular complexity index is 1280. The molecule has 164 valence electrons. The van der Waals surface area contributed by atoms with Crippen LogP contribution in [0.15, 0.2) is 51.4 Å². The SMILES string of the molecule is [C-]#[N+]c1cc(-c2nc(-c3ccc4oc(C(N)(CO)CO)cc4c3)no2)ccc1OCCC. The third-order valence-corrected chi connectivity index (χ3v) is 5.04. The standard InChI is InChI=1S/C23H22N4O5/c1-3-8-30-19-7-5-15(10-17(19)25-2)22-26-21(27-32-22)14-4-6-18-16(9-14)11-20(31-18)23(24,12-28)13-29/h4-7,9-11,28-29H,3,8,12-13,24H2,1H3. The summed E-state index contributed by atoms with van der Waals surface area (Å²) in [6, 6.07) is 12.1. The van der Waals surface area contributed by atoms with Gasteiger partial charge in [0.05, 0.1) is 26.4 Å². The molecule has 0 saturated carbocycles. The number of benzene rings is 2. The van der Waals surface area contributed by atoms with Crippen LogP contribution in [-0.2, 0) is 5.54 Å². The Morgan fingerprint density at radius 2 is 1.91 bits per heavy atom. The fourth-order valence-electron chi connectivity index (χ4n) is 3.16. The van der Waals surface area contributed by atoms with Crippen LogP contribution < -0.4 is 10.5 Å². The van der Waals surface area contributed by atoms with Crippen molar-refractivity contribution >= 4 is 16.7 Å². The summed E-state index contributed by atoms with van der Waals surface area (Å²) in [5.41, 5.74) is 6.85. The summed E-state index contributed by atoms with van der Waals surface area (Å²) in [6.07, 6.45) is 0.848. The average molecular weight is 434 g/mol. The van der Waals surface area contributed by atoms with Gasteiger partial charge in [0.25, 0.3) is 5.89 Å². The molecule has 4 rings (SSSR count). The summed E-state index contributed by atoms with van der Waals surface area (Å²) in [4.78, 5) is 7.98. The first-order valence-electron chi connectivity index (χ1n) is 10.0. The second kappa shape index (κ2) is 8.80. The maximum Gasteiger partial charge on any atom is 0.256 e. The van der Waals surface area contributed by atoms with E-state index < -0.39 is 18.8 Å². The molecule has 9 nitrogen and oxygen atoms in total. The zero-order valence-electron chi connectivity index (χ0n) is 17.4. The van der Waals surface area contributed by atoms with Gasteiger partial charge in [0.15, 0.2) is 0 Å². The Balaban J connectivity index is 1.64. The van der Waals surface area contributed by atoms with Crippen molar-refractivity contribution in [1.29, 1.82) is 0 Å². The number of nitrogens with zero attached hydrogens (tertiary/aromatic N) is 3. The zero-order chi connectivity index (χ0) is 22.7. The fraction of sp³-hybridized carbons (Fsp3) is 0.261. The van der Waals surface area contributed by atoms with Crippen molar-refractivity contribution in [1.82, 2.24) is 10.1 Å².